The van der Waals surface area contributed by atoms with Crippen molar-refractivity contribution in [2.24, 2.45) is 0 Å². The lowest BCUT2D eigenvalue weighted by molar-refractivity contribution is 0.0991. The van der Waals surface area contributed by atoms with Crippen LogP contribution in [0.5, 0.6) is 11.5 Å². The summed E-state index contributed by atoms with van der Waals surface area (Å²) < 4.78 is 12.4. The Balaban J connectivity index is 1.71. The first-order chi connectivity index (χ1) is 12.6. The molecule has 0 atom stereocenters. The van der Waals surface area contributed by atoms with Crippen LogP contribution in [-0.4, -0.2) is 29.6 Å². The average Bonchev–Trinajstić information content (AvgIpc) is 3.09. The molecule has 0 bridgehead atoms. The molecule has 0 N–H and O–H groups in total. The van der Waals surface area contributed by atoms with Crippen LogP contribution < -0.4 is 9.47 Å². The van der Waals surface area contributed by atoms with Crippen molar-refractivity contribution < 1.29 is 14.3 Å². The maximum Gasteiger partial charge on any atom is 0.169 e. The van der Waals surface area contributed by atoms with Crippen molar-refractivity contribution in [3.05, 3.63) is 76.8 Å². The van der Waals surface area contributed by atoms with Crippen LogP contribution >= 0.6 is 11.6 Å². The Kier molecular flexibility index (Phi) is 5.58. The van der Waals surface area contributed by atoms with Crippen LogP contribution in [0.4, 0.5) is 0 Å². The van der Waals surface area contributed by atoms with Gasteiger partial charge in [-0.05, 0) is 29.8 Å². The van der Waals surface area contributed by atoms with Gasteiger partial charge in [-0.15, -0.1) is 0 Å². The number of halogens is 1. The molecule has 2 aromatic carbocycles. The van der Waals surface area contributed by atoms with Crippen molar-refractivity contribution in [1.29, 1.82) is 0 Å². The molecular weight excluding hydrogens is 352 g/mol. The monoisotopic (exact) mass is 370 g/mol. The van der Waals surface area contributed by atoms with Gasteiger partial charge in [-0.25, -0.2) is 4.98 Å². The zero-order valence-electron chi connectivity index (χ0n) is 14.6. The van der Waals surface area contributed by atoms with E-state index in [1.54, 1.807) is 38.7 Å². The van der Waals surface area contributed by atoms with Gasteiger partial charge in [0.15, 0.2) is 17.3 Å². The van der Waals surface area contributed by atoms with Crippen LogP contribution in [0, 0.1) is 0 Å². The largest absolute Gasteiger partial charge is 0.493 e. The summed E-state index contributed by atoms with van der Waals surface area (Å²) in [5.74, 6) is 1.09. The Morgan fingerprint density at radius 1 is 1.12 bits per heavy atom. The summed E-state index contributed by atoms with van der Waals surface area (Å²) in [7, 11) is 3.10. The number of ketones is 1. The number of rotatable bonds is 7. The third kappa shape index (κ3) is 4.06. The van der Waals surface area contributed by atoms with E-state index in [1.807, 2.05) is 35.0 Å². The second kappa shape index (κ2) is 8.06. The number of carbonyl (C=O) groups is 1. The smallest absolute Gasteiger partial charge is 0.169 e. The summed E-state index contributed by atoms with van der Waals surface area (Å²) in [6.07, 6.45) is 3.79. The van der Waals surface area contributed by atoms with E-state index in [4.69, 9.17) is 21.1 Å². The highest BCUT2D eigenvalue weighted by atomic mass is 35.5. The lowest BCUT2D eigenvalue weighted by Crippen LogP contribution is -2.05. The van der Waals surface area contributed by atoms with Gasteiger partial charge in [-0.2, -0.15) is 0 Å². The number of ether oxygens (including phenoxy) is 2. The quantitative estimate of drug-likeness (QED) is 0.589. The van der Waals surface area contributed by atoms with Crippen LogP contribution in [0.25, 0.3) is 0 Å². The summed E-state index contributed by atoms with van der Waals surface area (Å²) in [5, 5.41) is 0.712. The molecule has 0 saturated heterocycles. The zero-order valence-corrected chi connectivity index (χ0v) is 15.4. The van der Waals surface area contributed by atoms with Crippen LogP contribution in [0.1, 0.15) is 21.6 Å². The maximum absolute atomic E-state index is 12.5. The fraction of sp³-hybridized carbons (Fsp3) is 0.200. The molecule has 0 aliphatic carbocycles. The number of aromatic nitrogens is 2. The highest BCUT2D eigenvalue weighted by molar-refractivity contribution is 6.31. The minimum Gasteiger partial charge on any atom is -0.493 e. The van der Waals surface area contributed by atoms with Gasteiger partial charge in [0.25, 0.3) is 0 Å². The number of nitrogens with zero attached hydrogens (tertiary/aromatic N) is 2. The number of imidazole rings is 1. The molecule has 134 valence electrons. The fourth-order valence-corrected chi connectivity index (χ4v) is 2.88. The number of methoxy groups -OCH3 is 2. The van der Waals surface area contributed by atoms with Crippen molar-refractivity contribution in [1.82, 2.24) is 9.55 Å². The van der Waals surface area contributed by atoms with Gasteiger partial charge in [0.1, 0.15) is 0 Å². The summed E-state index contributed by atoms with van der Waals surface area (Å²) >= 11 is 6.19. The molecular formula is C20H19ClN2O3. The van der Waals surface area contributed by atoms with Gasteiger partial charge in [0.2, 0.25) is 0 Å². The summed E-state index contributed by atoms with van der Waals surface area (Å²) in [6.45, 7) is 0.608. The number of carbonyl (C=O) groups excluding carboxylic acids is 1. The molecule has 0 aliphatic rings. The van der Waals surface area contributed by atoms with E-state index in [-0.39, 0.29) is 12.2 Å². The van der Waals surface area contributed by atoms with Gasteiger partial charge in [-0.1, -0.05) is 29.8 Å². The maximum atomic E-state index is 12.5. The fourth-order valence-electron chi connectivity index (χ4n) is 2.68. The molecule has 0 fully saturated rings. The molecule has 26 heavy (non-hydrogen) atoms. The molecule has 6 heteroatoms. The lowest BCUT2D eigenvalue weighted by atomic mass is 10.1. The predicted molar refractivity (Wildman–Crippen MR) is 100 cm³/mol. The Hall–Kier alpha value is -2.79. The third-order valence-electron chi connectivity index (χ3n) is 4.04. The summed E-state index contributed by atoms with van der Waals surface area (Å²) in [4.78, 5) is 16.9. The SMILES string of the molecule is COc1ccc(C(=O)Cc2cn(Cc3ccccc3Cl)cn2)cc1OC. The molecule has 5 nitrogen and oxygen atoms in total. The van der Waals surface area contributed by atoms with Crippen LogP contribution in [0.2, 0.25) is 5.02 Å². The molecule has 0 saturated carbocycles. The molecule has 1 aromatic heterocycles. The molecule has 0 amide bonds. The van der Waals surface area contributed by atoms with Crippen LogP contribution in [0.3, 0.4) is 0 Å². The topological polar surface area (TPSA) is 53.4 Å². The number of Topliss-reactive ketones (excluding diaryl/α,β-unsaturated/α-hetero) is 1. The minimum atomic E-state index is -0.0334. The molecule has 3 rings (SSSR count). The molecule has 1 heterocycles. The van der Waals surface area contributed by atoms with Crippen molar-refractivity contribution in [3.63, 3.8) is 0 Å². The Labute approximate surface area is 157 Å². The van der Waals surface area contributed by atoms with Crippen molar-refractivity contribution in [2.45, 2.75) is 13.0 Å². The highest BCUT2D eigenvalue weighted by Gasteiger charge is 2.13. The Bertz CT molecular complexity index is 921. The van der Waals surface area contributed by atoms with Gasteiger partial charge in [-0.3, -0.25) is 4.79 Å². The van der Waals surface area contributed by atoms with E-state index in [1.165, 1.54) is 0 Å². The Morgan fingerprint density at radius 3 is 2.62 bits per heavy atom. The summed E-state index contributed by atoms with van der Waals surface area (Å²) in [5.41, 5.74) is 2.27. The highest BCUT2D eigenvalue weighted by Crippen LogP contribution is 2.28. The molecule has 0 aliphatic heterocycles. The lowest BCUT2D eigenvalue weighted by Gasteiger charge is -2.08. The molecule has 0 unspecified atom stereocenters. The number of benzene rings is 2. The second-order valence-electron chi connectivity index (χ2n) is 5.80. The van der Waals surface area contributed by atoms with Crippen molar-refractivity contribution >= 4 is 17.4 Å². The average molecular weight is 371 g/mol. The molecule has 3 aromatic rings. The van der Waals surface area contributed by atoms with Gasteiger partial charge < -0.3 is 14.0 Å². The molecule has 0 spiro atoms. The van der Waals surface area contributed by atoms with E-state index >= 15 is 0 Å². The van der Waals surface area contributed by atoms with E-state index < -0.39 is 0 Å². The first-order valence-electron chi connectivity index (χ1n) is 8.10. The number of hydrogen-bond donors (Lipinski definition) is 0. The van der Waals surface area contributed by atoms with Gasteiger partial charge in [0, 0.05) is 23.3 Å². The predicted octanol–water partition coefficient (Wildman–Crippen LogP) is 4.03. The van der Waals surface area contributed by atoms with Gasteiger partial charge >= 0.3 is 0 Å². The normalized spacial score (nSPS) is 10.6. The van der Waals surface area contributed by atoms with E-state index in [9.17, 15) is 4.79 Å². The van der Waals surface area contributed by atoms with Crippen molar-refractivity contribution in [3.8, 4) is 11.5 Å². The van der Waals surface area contributed by atoms with E-state index in [2.05, 4.69) is 4.98 Å². The first-order valence-corrected chi connectivity index (χ1v) is 8.47. The van der Waals surface area contributed by atoms with Gasteiger partial charge in [0.05, 0.1) is 32.7 Å². The van der Waals surface area contributed by atoms with Crippen molar-refractivity contribution in [2.75, 3.05) is 14.2 Å². The third-order valence-corrected chi connectivity index (χ3v) is 4.41. The molecule has 0 radical (unpaired) electrons. The second-order valence-corrected chi connectivity index (χ2v) is 6.21. The Morgan fingerprint density at radius 2 is 1.88 bits per heavy atom. The van der Waals surface area contributed by atoms with E-state index in [0.29, 0.717) is 34.3 Å². The summed E-state index contributed by atoms with van der Waals surface area (Å²) in [6, 6.07) is 12.8. The zero-order chi connectivity index (χ0) is 18.5. The standard InChI is InChI=1S/C20H19ClN2O3/c1-25-19-8-7-14(9-20(19)26-2)18(24)10-16-12-23(13-22-16)11-15-5-3-4-6-17(15)21/h3-9,12-13H,10-11H2,1-2H3. The minimum absolute atomic E-state index is 0.0334. The van der Waals surface area contributed by atoms with Crippen LogP contribution in [-0.2, 0) is 13.0 Å². The number of hydrogen-bond acceptors (Lipinski definition) is 4. The van der Waals surface area contributed by atoms with Crippen LogP contribution in [0.15, 0.2) is 55.0 Å². The first kappa shape index (κ1) is 18.0. The van der Waals surface area contributed by atoms with E-state index in [0.717, 1.165) is 5.56 Å².